The molecular weight excluding hydrogens is 404 g/mol. The van der Waals surface area contributed by atoms with Gasteiger partial charge in [-0.15, -0.1) is 0 Å². The first-order chi connectivity index (χ1) is 15.3. The number of carbonyl (C=O) groups is 1. The second-order valence-electron chi connectivity index (χ2n) is 8.84. The van der Waals surface area contributed by atoms with Crippen molar-refractivity contribution in [1.82, 2.24) is 25.5 Å². The zero-order valence-electron chi connectivity index (χ0n) is 20.0. The Balaban J connectivity index is 1.85. The summed E-state index contributed by atoms with van der Waals surface area (Å²) in [7, 11) is 1.75. The molecule has 1 aromatic heterocycles. The molecule has 1 aromatic carbocycles. The summed E-state index contributed by atoms with van der Waals surface area (Å²) < 4.78 is 7.39. The number of hydrogen-bond donors (Lipinski definition) is 3. The van der Waals surface area contributed by atoms with Gasteiger partial charge in [-0.25, -0.2) is 9.78 Å². The first-order valence-electron chi connectivity index (χ1n) is 11.3. The average molecular weight is 443 g/mol. The smallest absolute Gasteiger partial charge is 0.407 e. The van der Waals surface area contributed by atoms with E-state index in [-0.39, 0.29) is 6.04 Å². The summed E-state index contributed by atoms with van der Waals surface area (Å²) in [5.74, 6) is 0.708. The molecule has 0 bridgehead atoms. The Kier molecular flexibility index (Phi) is 10.0. The standard InChI is InChI=1S/C24H38N6O2/c1-6-7-8-21(16-28-23(31)32-24(2,3)4)29-22(25-5)27-15-19-9-11-20(12-10-19)17-30-14-13-26-18-30/h9-14,18,21H,6-8,15-17H2,1-5H3,(H,28,31)(H2,25,27,29). The molecule has 3 N–H and O–H groups in total. The Bertz CT molecular complexity index is 825. The summed E-state index contributed by atoms with van der Waals surface area (Å²) in [6.45, 7) is 9.66. The van der Waals surface area contributed by atoms with E-state index in [4.69, 9.17) is 4.74 Å². The molecule has 0 spiro atoms. The first-order valence-corrected chi connectivity index (χ1v) is 11.3. The lowest BCUT2D eigenvalue weighted by atomic mass is 10.1. The van der Waals surface area contributed by atoms with Gasteiger partial charge in [-0.1, -0.05) is 44.0 Å². The van der Waals surface area contributed by atoms with Crippen LogP contribution in [-0.4, -0.2) is 46.8 Å². The molecule has 8 heteroatoms. The van der Waals surface area contributed by atoms with E-state index in [0.717, 1.165) is 25.8 Å². The molecule has 0 saturated carbocycles. The number of alkyl carbamates (subject to hydrolysis) is 1. The number of rotatable bonds is 10. The van der Waals surface area contributed by atoms with E-state index in [2.05, 4.69) is 57.1 Å². The third-order valence-corrected chi connectivity index (χ3v) is 4.77. The van der Waals surface area contributed by atoms with Gasteiger partial charge in [0.2, 0.25) is 0 Å². The summed E-state index contributed by atoms with van der Waals surface area (Å²) in [5.41, 5.74) is 1.88. The van der Waals surface area contributed by atoms with Gasteiger partial charge in [0, 0.05) is 45.1 Å². The minimum atomic E-state index is -0.512. The average Bonchev–Trinajstić information content (AvgIpc) is 3.25. The zero-order chi connectivity index (χ0) is 23.4. The largest absolute Gasteiger partial charge is 0.444 e. The zero-order valence-corrected chi connectivity index (χ0v) is 20.0. The van der Waals surface area contributed by atoms with Gasteiger partial charge in [-0.3, -0.25) is 4.99 Å². The van der Waals surface area contributed by atoms with Crippen molar-refractivity contribution in [3.05, 3.63) is 54.1 Å². The molecular formula is C24H38N6O2. The maximum atomic E-state index is 12.0. The quantitative estimate of drug-likeness (QED) is 0.386. The molecule has 0 fully saturated rings. The minimum Gasteiger partial charge on any atom is -0.444 e. The molecule has 176 valence electrons. The van der Waals surface area contributed by atoms with Crippen molar-refractivity contribution in [3.8, 4) is 0 Å². The number of nitrogens with zero attached hydrogens (tertiary/aromatic N) is 3. The number of guanidine groups is 1. The van der Waals surface area contributed by atoms with Gasteiger partial charge in [-0.05, 0) is 38.3 Å². The number of aliphatic imine (C=N–C) groups is 1. The number of hydrogen-bond acceptors (Lipinski definition) is 4. The van der Waals surface area contributed by atoms with Crippen molar-refractivity contribution in [3.63, 3.8) is 0 Å². The van der Waals surface area contributed by atoms with Gasteiger partial charge < -0.3 is 25.3 Å². The highest BCUT2D eigenvalue weighted by atomic mass is 16.6. The van der Waals surface area contributed by atoms with Gasteiger partial charge in [0.25, 0.3) is 0 Å². The van der Waals surface area contributed by atoms with Gasteiger partial charge in [0.05, 0.1) is 6.33 Å². The molecule has 1 heterocycles. The fourth-order valence-electron chi connectivity index (χ4n) is 3.12. The van der Waals surface area contributed by atoms with Crippen molar-refractivity contribution < 1.29 is 9.53 Å². The predicted molar refractivity (Wildman–Crippen MR) is 129 cm³/mol. The van der Waals surface area contributed by atoms with Gasteiger partial charge in [0.15, 0.2) is 5.96 Å². The minimum absolute atomic E-state index is 0.0613. The Morgan fingerprint density at radius 1 is 1.19 bits per heavy atom. The SMILES string of the molecule is CCCCC(CNC(=O)OC(C)(C)C)NC(=NC)NCc1ccc(Cn2ccnc2)cc1. The molecule has 0 aliphatic heterocycles. The molecule has 0 saturated heterocycles. The van der Waals surface area contributed by atoms with Crippen LogP contribution in [0.3, 0.4) is 0 Å². The van der Waals surface area contributed by atoms with Crippen LogP contribution in [0.4, 0.5) is 4.79 Å². The number of aromatic nitrogens is 2. The third-order valence-electron chi connectivity index (χ3n) is 4.77. The van der Waals surface area contributed by atoms with E-state index in [1.54, 1.807) is 13.2 Å². The molecule has 2 aromatic rings. The van der Waals surface area contributed by atoms with Gasteiger partial charge >= 0.3 is 6.09 Å². The van der Waals surface area contributed by atoms with Crippen LogP contribution in [-0.2, 0) is 17.8 Å². The van der Waals surface area contributed by atoms with E-state index in [1.165, 1.54) is 11.1 Å². The summed E-state index contributed by atoms with van der Waals surface area (Å²) in [4.78, 5) is 20.4. The van der Waals surface area contributed by atoms with Crippen LogP contribution in [0, 0.1) is 0 Å². The first kappa shape index (κ1) is 25.2. The van der Waals surface area contributed by atoms with Crippen LogP contribution in [0.25, 0.3) is 0 Å². The van der Waals surface area contributed by atoms with Crippen LogP contribution in [0.2, 0.25) is 0 Å². The van der Waals surface area contributed by atoms with E-state index in [9.17, 15) is 4.79 Å². The van der Waals surface area contributed by atoms with Crippen LogP contribution in [0.1, 0.15) is 58.1 Å². The summed E-state index contributed by atoms with van der Waals surface area (Å²) in [6, 6.07) is 8.55. The number of amides is 1. The highest BCUT2D eigenvalue weighted by molar-refractivity contribution is 5.80. The second kappa shape index (κ2) is 12.7. The molecule has 1 atom stereocenters. The molecule has 0 aliphatic rings. The van der Waals surface area contributed by atoms with Crippen molar-refractivity contribution in [1.29, 1.82) is 0 Å². The van der Waals surface area contributed by atoms with Crippen molar-refractivity contribution in [2.75, 3.05) is 13.6 Å². The lowest BCUT2D eigenvalue weighted by molar-refractivity contribution is 0.0523. The Morgan fingerprint density at radius 3 is 2.50 bits per heavy atom. The monoisotopic (exact) mass is 442 g/mol. The van der Waals surface area contributed by atoms with Crippen LogP contribution in [0.5, 0.6) is 0 Å². The Labute approximate surface area is 191 Å². The summed E-state index contributed by atoms with van der Waals surface area (Å²) in [6.07, 6.45) is 8.23. The van der Waals surface area contributed by atoms with E-state index in [0.29, 0.717) is 19.0 Å². The fraction of sp³-hybridized carbons (Fsp3) is 0.542. The summed E-state index contributed by atoms with van der Waals surface area (Å²) >= 11 is 0. The predicted octanol–water partition coefficient (Wildman–Crippen LogP) is 3.68. The maximum Gasteiger partial charge on any atom is 0.407 e. The molecule has 0 aliphatic carbocycles. The number of nitrogens with one attached hydrogen (secondary N) is 3. The van der Waals surface area contributed by atoms with Crippen molar-refractivity contribution in [2.45, 2.75) is 71.7 Å². The normalized spacial score (nSPS) is 12.8. The number of ether oxygens (including phenoxy) is 1. The molecule has 0 radical (unpaired) electrons. The van der Waals surface area contributed by atoms with E-state index >= 15 is 0 Å². The second-order valence-corrected chi connectivity index (χ2v) is 8.84. The molecule has 32 heavy (non-hydrogen) atoms. The number of unbranched alkanes of at least 4 members (excludes halogenated alkanes) is 1. The summed E-state index contributed by atoms with van der Waals surface area (Å²) in [5, 5.41) is 9.65. The van der Waals surface area contributed by atoms with Gasteiger partial charge in [-0.2, -0.15) is 0 Å². The molecule has 8 nitrogen and oxygen atoms in total. The highest BCUT2D eigenvalue weighted by Crippen LogP contribution is 2.08. The topological polar surface area (TPSA) is 92.6 Å². The molecule has 1 unspecified atom stereocenters. The Morgan fingerprint density at radius 2 is 1.91 bits per heavy atom. The highest BCUT2D eigenvalue weighted by Gasteiger charge is 2.18. The van der Waals surface area contributed by atoms with E-state index < -0.39 is 11.7 Å². The molecule has 2 rings (SSSR count). The van der Waals surface area contributed by atoms with Crippen molar-refractivity contribution in [2.24, 2.45) is 4.99 Å². The number of benzene rings is 1. The van der Waals surface area contributed by atoms with E-state index in [1.807, 2.05) is 37.9 Å². The third kappa shape index (κ3) is 9.85. The number of carbonyl (C=O) groups excluding carboxylic acids is 1. The molecule has 1 amide bonds. The lowest BCUT2D eigenvalue weighted by Gasteiger charge is -2.24. The van der Waals surface area contributed by atoms with Gasteiger partial charge in [0.1, 0.15) is 5.60 Å². The number of imidazole rings is 1. The van der Waals surface area contributed by atoms with Crippen LogP contribution < -0.4 is 16.0 Å². The Hall–Kier alpha value is -3.03. The lowest BCUT2D eigenvalue weighted by Crippen LogP contribution is -2.48. The van der Waals surface area contributed by atoms with Crippen molar-refractivity contribution >= 4 is 12.1 Å². The van der Waals surface area contributed by atoms with Crippen LogP contribution >= 0.6 is 0 Å². The maximum absolute atomic E-state index is 12.0. The fourth-order valence-corrected chi connectivity index (χ4v) is 3.12. The van der Waals surface area contributed by atoms with Crippen LogP contribution in [0.15, 0.2) is 48.0 Å².